The largest absolute Gasteiger partial charge is 0.490 e. The zero-order valence-electron chi connectivity index (χ0n) is 8.47. The van der Waals surface area contributed by atoms with Crippen molar-refractivity contribution < 1.29 is 9.26 Å². The third-order valence-corrected chi connectivity index (χ3v) is 1.94. The van der Waals surface area contributed by atoms with E-state index in [2.05, 4.69) is 21.2 Å². The number of aromatic amines is 1. The third kappa shape index (κ3) is 2.20. The Morgan fingerprint density at radius 1 is 1.44 bits per heavy atom. The van der Waals surface area contributed by atoms with Crippen molar-refractivity contribution >= 4 is 0 Å². The van der Waals surface area contributed by atoms with Crippen LogP contribution in [0.15, 0.2) is 46.2 Å². The molecule has 2 rings (SSSR count). The molecular weight excluding hydrogens is 208 g/mol. The molecule has 0 bridgehead atoms. The second-order valence-electron chi connectivity index (χ2n) is 3.07. The van der Waals surface area contributed by atoms with Crippen LogP contribution in [0.3, 0.4) is 0 Å². The summed E-state index contributed by atoms with van der Waals surface area (Å²) in [4.78, 5) is 13.2. The zero-order chi connectivity index (χ0) is 11.4. The van der Waals surface area contributed by atoms with Crippen LogP contribution in [-0.2, 0) is 0 Å². The summed E-state index contributed by atoms with van der Waals surface area (Å²) in [5.41, 5.74) is 0.761. The highest BCUT2D eigenvalue weighted by molar-refractivity contribution is 5.55. The summed E-state index contributed by atoms with van der Waals surface area (Å²) in [6, 6.07) is 7.14. The van der Waals surface area contributed by atoms with Crippen LogP contribution >= 0.6 is 0 Å². The Hall–Kier alpha value is -2.30. The highest BCUT2D eigenvalue weighted by Crippen LogP contribution is 2.18. The molecule has 5 heteroatoms. The van der Waals surface area contributed by atoms with Gasteiger partial charge < -0.3 is 4.74 Å². The van der Waals surface area contributed by atoms with Crippen LogP contribution in [0.25, 0.3) is 11.4 Å². The molecule has 82 valence electrons. The van der Waals surface area contributed by atoms with Crippen molar-refractivity contribution in [2.75, 3.05) is 6.61 Å². The van der Waals surface area contributed by atoms with Crippen molar-refractivity contribution in [2.45, 2.75) is 0 Å². The first-order chi connectivity index (χ1) is 7.79. The van der Waals surface area contributed by atoms with Gasteiger partial charge >= 0.3 is 5.76 Å². The Morgan fingerprint density at radius 3 is 2.75 bits per heavy atom. The molecule has 5 nitrogen and oxygen atoms in total. The second kappa shape index (κ2) is 4.48. The maximum Gasteiger partial charge on any atom is 0.439 e. The number of aromatic nitrogens is 2. The highest BCUT2D eigenvalue weighted by Gasteiger charge is 2.03. The molecule has 0 spiro atoms. The number of rotatable bonds is 4. The van der Waals surface area contributed by atoms with Crippen LogP contribution < -0.4 is 10.5 Å². The lowest BCUT2D eigenvalue weighted by atomic mass is 10.2. The summed E-state index contributed by atoms with van der Waals surface area (Å²) in [6.07, 6.45) is 1.67. The highest BCUT2D eigenvalue weighted by atomic mass is 16.5. The summed E-state index contributed by atoms with van der Waals surface area (Å²) in [5.74, 6) is 0.566. The summed E-state index contributed by atoms with van der Waals surface area (Å²) < 4.78 is 9.73. The van der Waals surface area contributed by atoms with Gasteiger partial charge in [-0.1, -0.05) is 17.8 Å². The molecule has 0 amide bonds. The van der Waals surface area contributed by atoms with E-state index in [1.165, 1.54) is 0 Å². The van der Waals surface area contributed by atoms with Gasteiger partial charge in [-0.25, -0.2) is 4.79 Å². The van der Waals surface area contributed by atoms with Crippen LogP contribution in [0.2, 0.25) is 0 Å². The molecule has 1 aromatic carbocycles. The smallest absolute Gasteiger partial charge is 0.439 e. The van der Waals surface area contributed by atoms with Gasteiger partial charge in [-0.2, -0.15) is 0 Å². The topological polar surface area (TPSA) is 68.1 Å². The molecule has 1 aromatic heterocycles. The van der Waals surface area contributed by atoms with Gasteiger partial charge in [0, 0.05) is 5.56 Å². The van der Waals surface area contributed by atoms with Gasteiger partial charge in [-0.05, 0) is 24.3 Å². The monoisotopic (exact) mass is 218 g/mol. The van der Waals surface area contributed by atoms with Crippen molar-refractivity contribution in [3.8, 4) is 17.1 Å². The summed E-state index contributed by atoms with van der Waals surface area (Å²) in [5, 5.41) is 3.58. The standard InChI is InChI=1S/C11H10N2O3/c1-2-7-15-9-5-3-8(4-6-9)10-12-11(14)16-13-10/h2-6H,1,7H2,(H,12,13,14). The lowest BCUT2D eigenvalue weighted by Gasteiger charge is -2.02. The van der Waals surface area contributed by atoms with E-state index in [1.54, 1.807) is 30.3 Å². The summed E-state index contributed by atoms with van der Waals surface area (Å²) in [7, 11) is 0. The molecule has 0 fully saturated rings. The Kier molecular flexibility index (Phi) is 2.86. The van der Waals surface area contributed by atoms with Gasteiger partial charge in [0.1, 0.15) is 12.4 Å². The van der Waals surface area contributed by atoms with Crippen molar-refractivity contribution in [1.82, 2.24) is 10.1 Å². The molecule has 2 aromatic rings. The van der Waals surface area contributed by atoms with E-state index >= 15 is 0 Å². The maximum absolute atomic E-state index is 10.8. The minimum Gasteiger partial charge on any atom is -0.490 e. The number of hydrogen-bond donors (Lipinski definition) is 1. The molecule has 1 heterocycles. The van der Waals surface area contributed by atoms with Crippen LogP contribution in [0, 0.1) is 0 Å². The predicted octanol–water partition coefficient (Wildman–Crippen LogP) is 1.59. The van der Waals surface area contributed by atoms with E-state index in [0.717, 1.165) is 11.3 Å². The van der Waals surface area contributed by atoms with Gasteiger partial charge in [0.15, 0.2) is 5.82 Å². The zero-order valence-corrected chi connectivity index (χ0v) is 8.47. The Labute approximate surface area is 91.4 Å². The minimum atomic E-state index is -0.568. The van der Waals surface area contributed by atoms with Crippen LogP contribution in [-0.4, -0.2) is 16.7 Å². The molecular formula is C11H10N2O3. The molecule has 0 saturated carbocycles. The van der Waals surface area contributed by atoms with Crippen molar-refractivity contribution in [2.24, 2.45) is 0 Å². The molecule has 0 aliphatic carbocycles. The molecule has 0 aliphatic rings. The summed E-state index contributed by atoms with van der Waals surface area (Å²) >= 11 is 0. The Balaban J connectivity index is 2.19. The van der Waals surface area contributed by atoms with E-state index in [4.69, 9.17) is 4.74 Å². The molecule has 1 N–H and O–H groups in total. The number of benzene rings is 1. The fourth-order valence-corrected chi connectivity index (χ4v) is 1.22. The lowest BCUT2D eigenvalue weighted by molar-refractivity contribution is 0.363. The molecule has 0 radical (unpaired) electrons. The molecule has 0 atom stereocenters. The molecule has 0 aliphatic heterocycles. The first kappa shape index (κ1) is 10.2. The van der Waals surface area contributed by atoms with E-state index in [9.17, 15) is 4.79 Å². The third-order valence-electron chi connectivity index (χ3n) is 1.94. The van der Waals surface area contributed by atoms with Crippen LogP contribution in [0.4, 0.5) is 0 Å². The van der Waals surface area contributed by atoms with Crippen LogP contribution in [0.1, 0.15) is 0 Å². The molecule has 0 saturated heterocycles. The number of nitrogens with zero attached hydrogens (tertiary/aromatic N) is 1. The van der Waals surface area contributed by atoms with Gasteiger partial charge in [-0.3, -0.25) is 9.51 Å². The number of H-pyrrole nitrogens is 1. The Bertz CT molecular complexity index is 525. The van der Waals surface area contributed by atoms with Crippen molar-refractivity contribution in [1.29, 1.82) is 0 Å². The number of ether oxygens (including phenoxy) is 1. The van der Waals surface area contributed by atoms with Crippen LogP contribution in [0.5, 0.6) is 5.75 Å². The van der Waals surface area contributed by atoms with E-state index in [1.807, 2.05) is 0 Å². The number of nitrogens with one attached hydrogen (secondary N) is 1. The number of hydrogen-bond acceptors (Lipinski definition) is 4. The van der Waals surface area contributed by atoms with E-state index in [0.29, 0.717) is 12.4 Å². The van der Waals surface area contributed by atoms with E-state index in [-0.39, 0.29) is 0 Å². The normalized spacial score (nSPS) is 10.0. The van der Waals surface area contributed by atoms with Crippen molar-refractivity contribution in [3.05, 3.63) is 47.5 Å². The fourth-order valence-electron chi connectivity index (χ4n) is 1.22. The summed E-state index contributed by atoms with van der Waals surface area (Å²) in [6.45, 7) is 4.01. The first-order valence-electron chi connectivity index (χ1n) is 4.70. The van der Waals surface area contributed by atoms with Gasteiger partial charge in [-0.15, -0.1) is 0 Å². The van der Waals surface area contributed by atoms with Crippen molar-refractivity contribution in [3.63, 3.8) is 0 Å². The van der Waals surface area contributed by atoms with Gasteiger partial charge in [0.25, 0.3) is 0 Å². The SMILES string of the molecule is C=CCOc1ccc(-c2noc(=O)[nH]2)cc1. The average Bonchev–Trinajstić information content (AvgIpc) is 2.74. The van der Waals surface area contributed by atoms with Gasteiger partial charge in [0.2, 0.25) is 0 Å². The molecule has 16 heavy (non-hydrogen) atoms. The quantitative estimate of drug-likeness (QED) is 0.791. The Morgan fingerprint density at radius 2 is 2.19 bits per heavy atom. The first-order valence-corrected chi connectivity index (χ1v) is 4.70. The van der Waals surface area contributed by atoms with E-state index < -0.39 is 5.76 Å². The van der Waals surface area contributed by atoms with Gasteiger partial charge in [0.05, 0.1) is 0 Å². The maximum atomic E-state index is 10.8. The predicted molar refractivity (Wildman–Crippen MR) is 58.3 cm³/mol. The molecule has 0 unspecified atom stereocenters. The lowest BCUT2D eigenvalue weighted by Crippen LogP contribution is -1.95. The minimum absolute atomic E-state index is 0.403. The average molecular weight is 218 g/mol. The fraction of sp³-hybridized carbons (Fsp3) is 0.0909. The second-order valence-corrected chi connectivity index (χ2v) is 3.07.